The van der Waals surface area contributed by atoms with Crippen molar-refractivity contribution in [1.82, 2.24) is 0 Å². The van der Waals surface area contributed by atoms with Crippen LogP contribution >= 0.6 is 0 Å². The van der Waals surface area contributed by atoms with E-state index in [2.05, 4.69) is 4.74 Å². The lowest BCUT2D eigenvalue weighted by Gasteiger charge is -2.17. The Labute approximate surface area is 131 Å². The molecule has 23 heavy (non-hydrogen) atoms. The predicted molar refractivity (Wildman–Crippen MR) is 78.1 cm³/mol. The number of hydrogen-bond acceptors (Lipinski definition) is 5. The maximum absolute atomic E-state index is 12.5. The van der Waals surface area contributed by atoms with Gasteiger partial charge >= 0.3 is 12.1 Å². The summed E-state index contributed by atoms with van der Waals surface area (Å²) in [5.74, 6) is -0.794. The van der Waals surface area contributed by atoms with Gasteiger partial charge in [-0.1, -0.05) is 0 Å². The van der Waals surface area contributed by atoms with Gasteiger partial charge in [0.1, 0.15) is 6.67 Å². The van der Waals surface area contributed by atoms with Crippen LogP contribution in [0, 0.1) is 0 Å². The molecule has 1 fully saturated rings. The third kappa shape index (κ3) is 2.60. The first-order valence-corrected chi connectivity index (χ1v) is 7.10. The van der Waals surface area contributed by atoms with Crippen molar-refractivity contribution in [2.45, 2.75) is 12.5 Å². The zero-order chi connectivity index (χ0) is 16.6. The molecule has 1 saturated heterocycles. The minimum absolute atomic E-state index is 0.0152. The minimum Gasteiger partial charge on any atom is -0.466 e. The van der Waals surface area contributed by atoms with Gasteiger partial charge in [0.2, 0.25) is 12.0 Å². The Morgan fingerprint density at radius 3 is 2.91 bits per heavy atom. The van der Waals surface area contributed by atoms with Crippen molar-refractivity contribution in [3.8, 4) is 0 Å². The molecule has 0 radical (unpaired) electrons. The van der Waals surface area contributed by atoms with E-state index in [1.807, 2.05) is 0 Å². The molecule has 1 aromatic carbocycles. The maximum Gasteiger partial charge on any atom is 0.415 e. The maximum atomic E-state index is 12.5. The van der Waals surface area contributed by atoms with Gasteiger partial charge in [-0.2, -0.15) is 0 Å². The normalized spacial score (nSPS) is 19.8. The highest BCUT2D eigenvalue weighted by Crippen LogP contribution is 2.33. The Hall–Kier alpha value is -2.64. The first-order chi connectivity index (χ1) is 11.0. The first kappa shape index (κ1) is 15.3. The van der Waals surface area contributed by atoms with Gasteiger partial charge < -0.3 is 14.4 Å². The predicted octanol–water partition coefficient (Wildman–Crippen LogP) is 1.04. The van der Waals surface area contributed by atoms with Gasteiger partial charge in [0.25, 0.3) is 0 Å². The third-order valence-corrected chi connectivity index (χ3v) is 3.89. The van der Waals surface area contributed by atoms with Crippen LogP contribution in [0.25, 0.3) is 0 Å². The van der Waals surface area contributed by atoms with Gasteiger partial charge in [0.05, 0.1) is 26.6 Å². The second-order valence-electron chi connectivity index (χ2n) is 5.23. The van der Waals surface area contributed by atoms with Crippen molar-refractivity contribution in [1.29, 1.82) is 0 Å². The lowest BCUT2D eigenvalue weighted by atomic mass is 10.1. The molecular formula is C15H15FN2O5. The quantitative estimate of drug-likeness (QED) is 0.774. The van der Waals surface area contributed by atoms with Crippen molar-refractivity contribution >= 4 is 29.3 Å². The molecule has 2 aliphatic rings. The van der Waals surface area contributed by atoms with E-state index in [1.165, 1.54) is 16.9 Å². The number of hydrogen-bond donors (Lipinski definition) is 0. The van der Waals surface area contributed by atoms with E-state index in [0.717, 1.165) is 5.56 Å². The Kier molecular flexibility index (Phi) is 3.89. The first-order valence-electron chi connectivity index (χ1n) is 7.10. The van der Waals surface area contributed by atoms with Crippen LogP contribution in [0.15, 0.2) is 18.2 Å². The van der Waals surface area contributed by atoms with Crippen LogP contribution in [-0.2, 0) is 25.5 Å². The number of carbonyl (C=O) groups is 3. The molecule has 2 heterocycles. The molecule has 8 heteroatoms. The lowest BCUT2D eigenvalue weighted by Crippen LogP contribution is -2.29. The summed E-state index contributed by atoms with van der Waals surface area (Å²) in [5.41, 5.74) is 1.89. The minimum atomic E-state index is -0.967. The molecule has 1 aromatic rings. The number of anilines is 2. The van der Waals surface area contributed by atoms with Crippen LogP contribution in [0.5, 0.6) is 0 Å². The highest BCUT2D eigenvalue weighted by atomic mass is 19.1. The van der Waals surface area contributed by atoms with E-state index >= 15 is 0 Å². The number of ether oxygens (including phenoxy) is 2. The van der Waals surface area contributed by atoms with Gasteiger partial charge in [0.15, 0.2) is 0 Å². The average molecular weight is 322 g/mol. The number of esters is 1. The summed E-state index contributed by atoms with van der Waals surface area (Å²) >= 11 is 0. The van der Waals surface area contributed by atoms with Crippen LogP contribution in [0.3, 0.4) is 0 Å². The summed E-state index contributed by atoms with van der Waals surface area (Å²) in [5, 5.41) is 0. The zero-order valence-electron chi connectivity index (χ0n) is 12.5. The fourth-order valence-electron chi connectivity index (χ4n) is 2.79. The number of nitrogens with zero attached hydrogens (tertiary/aromatic N) is 2. The van der Waals surface area contributed by atoms with E-state index in [1.54, 1.807) is 18.2 Å². The zero-order valence-corrected chi connectivity index (χ0v) is 12.5. The highest BCUT2D eigenvalue weighted by Gasteiger charge is 2.38. The van der Waals surface area contributed by atoms with Crippen LogP contribution in [0.2, 0.25) is 0 Å². The summed E-state index contributed by atoms with van der Waals surface area (Å²) in [6.45, 7) is -0.556. The van der Waals surface area contributed by atoms with E-state index in [0.29, 0.717) is 11.4 Å². The van der Waals surface area contributed by atoms with E-state index in [-0.39, 0.29) is 25.4 Å². The molecule has 0 N–H and O–H groups in total. The molecule has 1 unspecified atom stereocenters. The van der Waals surface area contributed by atoms with E-state index < -0.39 is 24.8 Å². The van der Waals surface area contributed by atoms with Gasteiger partial charge in [-0.25, -0.2) is 14.0 Å². The van der Waals surface area contributed by atoms with Crippen LogP contribution in [0.4, 0.5) is 20.6 Å². The van der Waals surface area contributed by atoms with Crippen molar-refractivity contribution in [2.24, 2.45) is 0 Å². The van der Waals surface area contributed by atoms with Crippen molar-refractivity contribution in [2.75, 3.05) is 36.7 Å². The van der Waals surface area contributed by atoms with E-state index in [4.69, 9.17) is 4.74 Å². The largest absolute Gasteiger partial charge is 0.466 e. The van der Waals surface area contributed by atoms with Gasteiger partial charge in [-0.3, -0.25) is 9.69 Å². The standard InChI is InChI=1S/C15H15FN2O5/c1-22-14(20)12-8-18(15(21)23-12)10-2-3-11-9(6-10)7-13(19)17(11)5-4-16/h2-3,6,12H,4-5,7-8H2,1H3. The van der Waals surface area contributed by atoms with E-state index in [9.17, 15) is 18.8 Å². The molecule has 2 aliphatic heterocycles. The fourth-order valence-corrected chi connectivity index (χ4v) is 2.79. The molecular weight excluding hydrogens is 307 g/mol. The molecule has 0 aliphatic carbocycles. The van der Waals surface area contributed by atoms with Crippen LogP contribution < -0.4 is 9.80 Å². The number of rotatable bonds is 4. The molecule has 1 atom stereocenters. The number of amides is 2. The molecule has 3 rings (SSSR count). The second-order valence-corrected chi connectivity index (χ2v) is 5.23. The number of halogens is 1. The fraction of sp³-hybridized carbons (Fsp3) is 0.400. The Morgan fingerprint density at radius 1 is 1.43 bits per heavy atom. The highest BCUT2D eigenvalue weighted by molar-refractivity contribution is 6.02. The monoisotopic (exact) mass is 322 g/mol. The van der Waals surface area contributed by atoms with Crippen molar-refractivity contribution in [3.05, 3.63) is 23.8 Å². The molecule has 7 nitrogen and oxygen atoms in total. The molecule has 2 amide bonds. The molecule has 0 saturated carbocycles. The molecule has 0 aromatic heterocycles. The summed E-state index contributed by atoms with van der Waals surface area (Å²) in [7, 11) is 1.22. The number of alkyl halides is 1. The number of cyclic esters (lactones) is 1. The molecule has 122 valence electrons. The topological polar surface area (TPSA) is 76.2 Å². The van der Waals surface area contributed by atoms with Gasteiger partial charge in [0, 0.05) is 11.4 Å². The third-order valence-electron chi connectivity index (χ3n) is 3.89. The number of carbonyl (C=O) groups excluding carboxylic acids is 3. The average Bonchev–Trinajstić information content (AvgIpc) is 3.07. The van der Waals surface area contributed by atoms with Crippen molar-refractivity contribution in [3.63, 3.8) is 0 Å². The van der Waals surface area contributed by atoms with Gasteiger partial charge in [-0.15, -0.1) is 0 Å². The summed E-state index contributed by atoms with van der Waals surface area (Å²) in [6, 6.07) is 5.00. The lowest BCUT2D eigenvalue weighted by molar-refractivity contribution is -0.148. The second kappa shape index (κ2) is 5.86. The number of fused-ring (bicyclic) bond motifs is 1. The molecule has 0 spiro atoms. The van der Waals surface area contributed by atoms with Crippen LogP contribution in [-0.4, -0.2) is 50.9 Å². The summed E-state index contributed by atoms with van der Waals surface area (Å²) < 4.78 is 22.1. The summed E-state index contributed by atoms with van der Waals surface area (Å²) in [4.78, 5) is 38.0. The Morgan fingerprint density at radius 2 is 2.22 bits per heavy atom. The Balaban J connectivity index is 1.84. The smallest absolute Gasteiger partial charge is 0.415 e. The Bertz CT molecular complexity index is 678. The van der Waals surface area contributed by atoms with Crippen LogP contribution in [0.1, 0.15) is 5.56 Å². The molecule has 0 bridgehead atoms. The van der Waals surface area contributed by atoms with Gasteiger partial charge in [-0.05, 0) is 23.8 Å². The number of methoxy groups -OCH3 is 1. The number of benzene rings is 1. The summed E-state index contributed by atoms with van der Waals surface area (Å²) in [6.07, 6.45) is -1.46. The van der Waals surface area contributed by atoms with Crippen molar-refractivity contribution < 1.29 is 28.2 Å². The SMILES string of the molecule is COC(=O)C1CN(c2ccc3c(c2)CC(=O)N3CCF)C(=O)O1.